The van der Waals surface area contributed by atoms with Crippen LogP contribution < -0.4 is 10.6 Å². The highest BCUT2D eigenvalue weighted by Crippen LogP contribution is 2.47. The SMILES string of the molecule is CCNc1nnc(C(=O)NCC2CC3CCC2C3)s1. The highest BCUT2D eigenvalue weighted by molar-refractivity contribution is 7.17. The second-order valence-electron chi connectivity index (χ2n) is 5.59. The summed E-state index contributed by atoms with van der Waals surface area (Å²) in [6, 6.07) is 0. The molecule has 0 radical (unpaired) electrons. The van der Waals surface area contributed by atoms with Gasteiger partial charge in [-0.15, -0.1) is 10.2 Å². The molecule has 2 bridgehead atoms. The molecule has 2 aliphatic carbocycles. The Balaban J connectivity index is 1.50. The highest BCUT2D eigenvalue weighted by Gasteiger charge is 2.39. The van der Waals surface area contributed by atoms with Crippen molar-refractivity contribution in [2.24, 2.45) is 17.8 Å². The van der Waals surface area contributed by atoms with Crippen molar-refractivity contribution in [1.29, 1.82) is 0 Å². The number of carbonyl (C=O) groups excluding carboxylic acids is 1. The van der Waals surface area contributed by atoms with E-state index in [-0.39, 0.29) is 5.91 Å². The third-order valence-corrected chi connectivity index (χ3v) is 5.24. The smallest absolute Gasteiger partial charge is 0.282 e. The Morgan fingerprint density at radius 3 is 2.95 bits per heavy atom. The molecule has 104 valence electrons. The summed E-state index contributed by atoms with van der Waals surface area (Å²) in [5.74, 6) is 2.37. The van der Waals surface area contributed by atoms with E-state index < -0.39 is 0 Å². The Labute approximate surface area is 117 Å². The zero-order valence-corrected chi connectivity index (χ0v) is 12.0. The molecular formula is C13H20N4OS. The fourth-order valence-corrected chi connectivity index (χ4v) is 4.19. The second-order valence-corrected chi connectivity index (χ2v) is 6.57. The van der Waals surface area contributed by atoms with Crippen molar-refractivity contribution in [1.82, 2.24) is 15.5 Å². The molecule has 1 heterocycles. The van der Waals surface area contributed by atoms with Crippen LogP contribution in [0.5, 0.6) is 0 Å². The van der Waals surface area contributed by atoms with Crippen LogP contribution in [0.25, 0.3) is 0 Å². The summed E-state index contributed by atoms with van der Waals surface area (Å²) in [5.41, 5.74) is 0. The van der Waals surface area contributed by atoms with Gasteiger partial charge in [0.05, 0.1) is 0 Å². The van der Waals surface area contributed by atoms with Gasteiger partial charge in [-0.2, -0.15) is 0 Å². The molecule has 0 saturated heterocycles. The van der Waals surface area contributed by atoms with Crippen molar-refractivity contribution < 1.29 is 4.79 Å². The van der Waals surface area contributed by atoms with Crippen LogP contribution in [-0.2, 0) is 0 Å². The molecule has 6 heteroatoms. The molecule has 2 aliphatic rings. The van der Waals surface area contributed by atoms with Gasteiger partial charge in [0.25, 0.3) is 5.91 Å². The molecule has 1 amide bonds. The summed E-state index contributed by atoms with van der Waals surface area (Å²) in [6.07, 6.45) is 5.43. The number of nitrogens with one attached hydrogen (secondary N) is 2. The van der Waals surface area contributed by atoms with E-state index in [0.717, 1.165) is 24.9 Å². The predicted octanol–water partition coefficient (Wildman–Crippen LogP) is 2.14. The summed E-state index contributed by atoms with van der Waals surface area (Å²) < 4.78 is 0. The first-order valence-electron chi connectivity index (χ1n) is 7.11. The third-order valence-electron chi connectivity index (χ3n) is 4.36. The van der Waals surface area contributed by atoms with Crippen LogP contribution >= 0.6 is 11.3 Å². The van der Waals surface area contributed by atoms with Gasteiger partial charge in [0.1, 0.15) is 0 Å². The molecule has 0 spiro atoms. The number of anilines is 1. The van der Waals surface area contributed by atoms with E-state index in [9.17, 15) is 4.79 Å². The summed E-state index contributed by atoms with van der Waals surface area (Å²) in [7, 11) is 0. The molecule has 0 aliphatic heterocycles. The maximum absolute atomic E-state index is 12.0. The summed E-state index contributed by atoms with van der Waals surface area (Å²) in [6.45, 7) is 3.59. The summed E-state index contributed by atoms with van der Waals surface area (Å²) >= 11 is 1.32. The van der Waals surface area contributed by atoms with Gasteiger partial charge in [-0.25, -0.2) is 0 Å². The first kappa shape index (κ1) is 12.8. The van der Waals surface area contributed by atoms with E-state index in [0.29, 0.717) is 16.1 Å². The fourth-order valence-electron chi connectivity index (χ4n) is 3.46. The minimum atomic E-state index is -0.0792. The maximum Gasteiger partial charge on any atom is 0.282 e. The zero-order valence-electron chi connectivity index (χ0n) is 11.2. The molecule has 2 N–H and O–H groups in total. The minimum absolute atomic E-state index is 0.0792. The highest BCUT2D eigenvalue weighted by atomic mass is 32.1. The topological polar surface area (TPSA) is 66.9 Å². The van der Waals surface area contributed by atoms with Crippen molar-refractivity contribution >= 4 is 22.4 Å². The van der Waals surface area contributed by atoms with Gasteiger partial charge >= 0.3 is 0 Å². The molecule has 1 aromatic heterocycles. The standard InChI is InChI=1S/C13H20N4OS/c1-2-14-13-17-16-12(19-13)11(18)15-7-10-6-8-3-4-9(10)5-8/h8-10H,2-7H2,1H3,(H,14,17)(H,15,18). The quantitative estimate of drug-likeness (QED) is 0.867. The lowest BCUT2D eigenvalue weighted by Crippen LogP contribution is -2.31. The first-order chi connectivity index (χ1) is 9.26. The maximum atomic E-state index is 12.0. The minimum Gasteiger partial charge on any atom is -0.360 e. The Morgan fingerprint density at radius 1 is 1.37 bits per heavy atom. The van der Waals surface area contributed by atoms with Crippen molar-refractivity contribution in [3.8, 4) is 0 Å². The van der Waals surface area contributed by atoms with Gasteiger partial charge in [-0.3, -0.25) is 4.79 Å². The van der Waals surface area contributed by atoms with E-state index in [2.05, 4.69) is 20.8 Å². The van der Waals surface area contributed by atoms with Gasteiger partial charge in [0.2, 0.25) is 10.1 Å². The van der Waals surface area contributed by atoms with E-state index in [1.807, 2.05) is 6.92 Å². The van der Waals surface area contributed by atoms with Crippen LogP contribution in [0.2, 0.25) is 0 Å². The number of rotatable bonds is 5. The Bertz CT molecular complexity index is 461. The van der Waals surface area contributed by atoms with Gasteiger partial charge in [0.15, 0.2) is 0 Å². The fraction of sp³-hybridized carbons (Fsp3) is 0.769. The molecule has 3 atom stereocenters. The first-order valence-corrected chi connectivity index (χ1v) is 7.93. The van der Waals surface area contributed by atoms with Crippen LogP contribution in [0.15, 0.2) is 0 Å². The monoisotopic (exact) mass is 280 g/mol. The van der Waals surface area contributed by atoms with Crippen LogP contribution in [0.1, 0.15) is 42.4 Å². The van der Waals surface area contributed by atoms with Gasteiger partial charge in [0, 0.05) is 13.1 Å². The molecule has 2 fully saturated rings. The third kappa shape index (κ3) is 2.73. The lowest BCUT2D eigenvalue weighted by atomic mass is 9.89. The molecule has 0 aromatic carbocycles. The molecule has 2 saturated carbocycles. The van der Waals surface area contributed by atoms with Crippen LogP contribution in [0.3, 0.4) is 0 Å². The second kappa shape index (κ2) is 5.45. The van der Waals surface area contributed by atoms with E-state index in [1.54, 1.807) is 0 Å². The van der Waals surface area contributed by atoms with Crippen molar-refractivity contribution in [2.75, 3.05) is 18.4 Å². The van der Waals surface area contributed by atoms with Crippen molar-refractivity contribution in [3.05, 3.63) is 5.01 Å². The normalized spacial score (nSPS) is 28.6. The van der Waals surface area contributed by atoms with Crippen LogP contribution in [0, 0.1) is 17.8 Å². The lowest BCUT2D eigenvalue weighted by molar-refractivity contribution is 0.0940. The summed E-state index contributed by atoms with van der Waals surface area (Å²) in [5, 5.41) is 15.1. The van der Waals surface area contributed by atoms with Crippen LogP contribution in [0.4, 0.5) is 5.13 Å². The van der Waals surface area contributed by atoms with Gasteiger partial charge in [-0.1, -0.05) is 17.8 Å². The van der Waals surface area contributed by atoms with E-state index in [1.165, 1.54) is 37.0 Å². The van der Waals surface area contributed by atoms with Crippen molar-refractivity contribution in [2.45, 2.75) is 32.6 Å². The molecule has 1 aromatic rings. The lowest BCUT2D eigenvalue weighted by Gasteiger charge is -2.21. The molecule has 3 rings (SSSR count). The molecule has 5 nitrogen and oxygen atoms in total. The van der Waals surface area contributed by atoms with E-state index >= 15 is 0 Å². The molecule has 19 heavy (non-hydrogen) atoms. The predicted molar refractivity (Wildman–Crippen MR) is 75.3 cm³/mol. The zero-order chi connectivity index (χ0) is 13.2. The average Bonchev–Trinajstić information content (AvgIpc) is 3.12. The van der Waals surface area contributed by atoms with Gasteiger partial charge in [-0.05, 0) is 43.9 Å². The largest absolute Gasteiger partial charge is 0.360 e. The number of carbonyl (C=O) groups is 1. The number of amides is 1. The Kier molecular flexibility index (Phi) is 3.68. The summed E-state index contributed by atoms with van der Waals surface area (Å²) in [4.78, 5) is 12.0. The average molecular weight is 280 g/mol. The van der Waals surface area contributed by atoms with E-state index in [4.69, 9.17) is 0 Å². The molecular weight excluding hydrogens is 260 g/mol. The Morgan fingerprint density at radius 2 is 2.26 bits per heavy atom. The number of fused-ring (bicyclic) bond motifs is 2. The Hall–Kier alpha value is -1.17. The number of hydrogen-bond donors (Lipinski definition) is 2. The van der Waals surface area contributed by atoms with Crippen LogP contribution in [-0.4, -0.2) is 29.2 Å². The molecule has 3 unspecified atom stereocenters. The number of nitrogens with zero attached hydrogens (tertiary/aromatic N) is 2. The number of aromatic nitrogens is 2. The van der Waals surface area contributed by atoms with Crippen molar-refractivity contribution in [3.63, 3.8) is 0 Å². The van der Waals surface area contributed by atoms with Gasteiger partial charge < -0.3 is 10.6 Å². The number of hydrogen-bond acceptors (Lipinski definition) is 5.